The van der Waals surface area contributed by atoms with E-state index < -0.39 is 0 Å². The second-order valence-electron chi connectivity index (χ2n) is 9.13. The standard InChI is InChI=1S/C25H28N4O2S/c1-28-16-20(19-5-3-4-6-21(19)28)23(30)27-18-14-25(15-18)8-11-29(12-9-25)24(31)17-7-10-26-22(13-17)32-2/h3-7,10,13,16,18H,8-9,11-12,14-15H2,1-2H3,(H,27,30). The predicted molar refractivity (Wildman–Crippen MR) is 127 cm³/mol. The molecule has 0 atom stereocenters. The number of aromatic nitrogens is 2. The number of benzene rings is 1. The van der Waals surface area contributed by atoms with Crippen molar-refractivity contribution in [1.82, 2.24) is 19.8 Å². The van der Waals surface area contributed by atoms with Crippen LogP contribution in [-0.2, 0) is 7.05 Å². The van der Waals surface area contributed by atoms with Crippen molar-refractivity contribution >= 4 is 34.5 Å². The Morgan fingerprint density at radius 3 is 2.66 bits per heavy atom. The molecule has 2 aliphatic rings. The van der Waals surface area contributed by atoms with Crippen molar-refractivity contribution in [2.24, 2.45) is 12.5 Å². The van der Waals surface area contributed by atoms with Crippen LogP contribution in [0.1, 0.15) is 46.4 Å². The summed E-state index contributed by atoms with van der Waals surface area (Å²) in [5, 5.41) is 5.10. The van der Waals surface area contributed by atoms with Crippen LogP contribution < -0.4 is 5.32 Å². The molecule has 32 heavy (non-hydrogen) atoms. The molecule has 1 aliphatic carbocycles. The third-order valence-corrected chi connectivity index (χ3v) is 7.78. The molecule has 7 heteroatoms. The highest BCUT2D eigenvalue weighted by molar-refractivity contribution is 7.98. The molecule has 6 nitrogen and oxygen atoms in total. The lowest BCUT2D eigenvalue weighted by Crippen LogP contribution is -2.55. The van der Waals surface area contributed by atoms with E-state index in [1.165, 1.54) is 0 Å². The first-order chi connectivity index (χ1) is 15.5. The van der Waals surface area contributed by atoms with Crippen LogP contribution in [-0.4, -0.2) is 51.7 Å². The molecule has 5 rings (SSSR count). The molecular formula is C25H28N4O2S. The number of amides is 2. The lowest BCUT2D eigenvalue weighted by molar-refractivity contribution is 0.00864. The molecule has 1 saturated carbocycles. The van der Waals surface area contributed by atoms with E-state index in [2.05, 4.69) is 10.3 Å². The smallest absolute Gasteiger partial charge is 0.254 e. The highest BCUT2D eigenvalue weighted by Crippen LogP contribution is 2.49. The lowest BCUT2D eigenvalue weighted by Gasteiger charge is -2.52. The van der Waals surface area contributed by atoms with Gasteiger partial charge in [0.05, 0.1) is 10.6 Å². The van der Waals surface area contributed by atoms with E-state index in [0.29, 0.717) is 5.56 Å². The first-order valence-electron chi connectivity index (χ1n) is 11.1. The summed E-state index contributed by atoms with van der Waals surface area (Å²) < 4.78 is 2.00. The Morgan fingerprint density at radius 1 is 1.16 bits per heavy atom. The van der Waals surface area contributed by atoms with Crippen molar-refractivity contribution in [3.05, 3.63) is 59.9 Å². The topological polar surface area (TPSA) is 67.2 Å². The molecule has 1 N–H and O–H groups in total. The van der Waals surface area contributed by atoms with Crippen LogP contribution in [0, 0.1) is 5.41 Å². The van der Waals surface area contributed by atoms with E-state index in [9.17, 15) is 9.59 Å². The maximum absolute atomic E-state index is 12.9. The van der Waals surface area contributed by atoms with Gasteiger partial charge in [0.25, 0.3) is 11.8 Å². The summed E-state index contributed by atoms with van der Waals surface area (Å²) in [7, 11) is 1.97. The van der Waals surface area contributed by atoms with Crippen LogP contribution in [0.15, 0.2) is 53.8 Å². The summed E-state index contributed by atoms with van der Waals surface area (Å²) in [6.45, 7) is 1.56. The van der Waals surface area contributed by atoms with Crippen LogP contribution >= 0.6 is 11.8 Å². The molecule has 1 spiro atoms. The number of nitrogens with zero attached hydrogens (tertiary/aromatic N) is 3. The number of likely N-dealkylation sites (tertiary alicyclic amines) is 1. The Labute approximate surface area is 192 Å². The molecule has 0 bridgehead atoms. The number of thioether (sulfide) groups is 1. The zero-order valence-electron chi connectivity index (χ0n) is 18.5. The van der Waals surface area contributed by atoms with E-state index in [1.807, 2.05) is 59.3 Å². The number of carbonyl (C=O) groups excluding carboxylic acids is 2. The van der Waals surface area contributed by atoms with Crippen molar-refractivity contribution < 1.29 is 9.59 Å². The van der Waals surface area contributed by atoms with Crippen molar-refractivity contribution in [3.63, 3.8) is 0 Å². The van der Waals surface area contributed by atoms with Crippen LogP contribution in [0.4, 0.5) is 0 Å². The highest BCUT2D eigenvalue weighted by atomic mass is 32.2. The number of piperidine rings is 1. The zero-order valence-corrected chi connectivity index (χ0v) is 19.3. The molecule has 1 aromatic carbocycles. The number of pyridine rings is 1. The lowest BCUT2D eigenvalue weighted by atomic mass is 9.60. The van der Waals surface area contributed by atoms with Crippen LogP contribution in [0.25, 0.3) is 10.9 Å². The number of fused-ring (bicyclic) bond motifs is 1. The van der Waals surface area contributed by atoms with Gasteiger partial charge in [-0.3, -0.25) is 9.59 Å². The van der Waals surface area contributed by atoms with Gasteiger partial charge in [-0.2, -0.15) is 0 Å². The minimum atomic E-state index is 0.0107. The van der Waals surface area contributed by atoms with E-state index in [1.54, 1.807) is 24.0 Å². The number of rotatable bonds is 4. The van der Waals surface area contributed by atoms with Crippen LogP contribution in [0.2, 0.25) is 0 Å². The maximum Gasteiger partial charge on any atom is 0.254 e. The number of hydrogen-bond donors (Lipinski definition) is 1. The minimum Gasteiger partial charge on any atom is -0.350 e. The largest absolute Gasteiger partial charge is 0.350 e. The fourth-order valence-electron chi connectivity index (χ4n) is 5.30. The van der Waals surface area contributed by atoms with E-state index in [4.69, 9.17) is 0 Å². The van der Waals surface area contributed by atoms with Crippen molar-refractivity contribution in [3.8, 4) is 0 Å². The zero-order chi connectivity index (χ0) is 22.3. The normalized spacial score (nSPS) is 18.0. The first-order valence-corrected chi connectivity index (χ1v) is 12.3. The molecule has 2 fully saturated rings. The summed E-state index contributed by atoms with van der Waals surface area (Å²) in [4.78, 5) is 32.0. The number of hydrogen-bond acceptors (Lipinski definition) is 4. The minimum absolute atomic E-state index is 0.0107. The maximum atomic E-state index is 12.9. The Bertz CT molecular complexity index is 1170. The van der Waals surface area contributed by atoms with Gasteiger partial charge in [-0.05, 0) is 55.6 Å². The Morgan fingerprint density at radius 2 is 1.91 bits per heavy atom. The number of aryl methyl sites for hydroxylation is 1. The van der Waals surface area contributed by atoms with Crippen LogP contribution in [0.5, 0.6) is 0 Å². The quantitative estimate of drug-likeness (QED) is 0.610. The van der Waals surface area contributed by atoms with Gasteiger partial charge in [-0.15, -0.1) is 11.8 Å². The van der Waals surface area contributed by atoms with Crippen molar-refractivity contribution in [2.75, 3.05) is 19.3 Å². The van der Waals surface area contributed by atoms with E-state index in [0.717, 1.165) is 60.3 Å². The third kappa shape index (κ3) is 3.79. The van der Waals surface area contributed by atoms with Crippen molar-refractivity contribution in [2.45, 2.75) is 36.8 Å². The summed E-state index contributed by atoms with van der Waals surface area (Å²) >= 11 is 1.55. The molecular weight excluding hydrogens is 420 g/mol. The van der Waals surface area contributed by atoms with Gasteiger partial charge in [-0.1, -0.05) is 18.2 Å². The van der Waals surface area contributed by atoms with Gasteiger partial charge in [-0.25, -0.2) is 4.98 Å². The molecule has 3 aromatic rings. The average molecular weight is 449 g/mol. The summed E-state index contributed by atoms with van der Waals surface area (Å²) in [6.07, 6.45) is 9.58. The number of para-hydroxylation sites is 1. The van der Waals surface area contributed by atoms with E-state index >= 15 is 0 Å². The number of nitrogens with one attached hydrogen (secondary N) is 1. The fraction of sp³-hybridized carbons (Fsp3) is 0.400. The van der Waals surface area contributed by atoms with Gasteiger partial charge in [0.1, 0.15) is 0 Å². The Balaban J connectivity index is 1.16. The molecule has 1 aliphatic heterocycles. The second-order valence-corrected chi connectivity index (χ2v) is 9.96. The molecule has 166 valence electrons. The highest BCUT2D eigenvalue weighted by Gasteiger charge is 2.47. The first kappa shape index (κ1) is 21.1. The van der Waals surface area contributed by atoms with Gasteiger partial charge in [0.2, 0.25) is 0 Å². The number of carbonyl (C=O) groups is 2. The fourth-order valence-corrected chi connectivity index (χ4v) is 5.71. The molecule has 0 radical (unpaired) electrons. The molecule has 3 heterocycles. The summed E-state index contributed by atoms with van der Waals surface area (Å²) in [5.41, 5.74) is 2.79. The van der Waals surface area contributed by atoms with Crippen LogP contribution in [0.3, 0.4) is 0 Å². The average Bonchev–Trinajstić information content (AvgIpc) is 3.15. The predicted octanol–water partition coefficient (Wildman–Crippen LogP) is 4.11. The second kappa shape index (κ2) is 8.28. The van der Waals surface area contributed by atoms with Gasteiger partial charge in [0.15, 0.2) is 0 Å². The SMILES string of the molecule is CSc1cc(C(=O)N2CCC3(CC2)CC(NC(=O)c2cn(C)c4ccccc24)C3)ccn1. The Kier molecular flexibility index (Phi) is 5.45. The Hall–Kier alpha value is -2.80. The van der Waals surface area contributed by atoms with Gasteiger partial charge in [0, 0.05) is 55.0 Å². The molecule has 1 saturated heterocycles. The van der Waals surface area contributed by atoms with E-state index in [-0.39, 0.29) is 23.3 Å². The van der Waals surface area contributed by atoms with Gasteiger partial charge < -0.3 is 14.8 Å². The monoisotopic (exact) mass is 448 g/mol. The van der Waals surface area contributed by atoms with Gasteiger partial charge >= 0.3 is 0 Å². The molecule has 2 amide bonds. The molecule has 2 aromatic heterocycles. The van der Waals surface area contributed by atoms with Crippen molar-refractivity contribution in [1.29, 1.82) is 0 Å². The summed E-state index contributed by atoms with van der Waals surface area (Å²) in [6, 6.07) is 11.9. The third-order valence-electron chi connectivity index (χ3n) is 7.14. The molecule has 0 unspecified atom stereocenters. The summed E-state index contributed by atoms with van der Waals surface area (Å²) in [5.74, 6) is 0.106.